The molecule has 5 heterocycles. The smallest absolute Gasteiger partial charge is 0.367 e. The number of anilines is 1. The van der Waals surface area contributed by atoms with Gasteiger partial charge in [0.15, 0.2) is 0 Å². The van der Waals surface area contributed by atoms with Crippen LogP contribution in [0.4, 0.5) is 19.0 Å². The second kappa shape index (κ2) is 14.9. The molecule has 15 heteroatoms. The van der Waals surface area contributed by atoms with E-state index in [0.717, 1.165) is 73.1 Å². The maximum Gasteiger partial charge on any atom is 0.393 e. The average Bonchev–Trinajstić information content (AvgIpc) is 3.70. The number of alkyl halides is 3. The van der Waals surface area contributed by atoms with Gasteiger partial charge in [-0.2, -0.15) is 22.7 Å². The van der Waals surface area contributed by atoms with Gasteiger partial charge >= 0.3 is 6.18 Å². The normalized spacial score (nSPS) is 20.2. The van der Waals surface area contributed by atoms with Gasteiger partial charge < -0.3 is 9.88 Å². The van der Waals surface area contributed by atoms with Crippen LogP contribution >= 0.6 is 11.3 Å². The van der Waals surface area contributed by atoms with Crippen LogP contribution in [0.2, 0.25) is 0 Å². The van der Waals surface area contributed by atoms with Crippen LogP contribution in [0.15, 0.2) is 24.3 Å². The molecule has 1 atom stereocenters. The minimum atomic E-state index is -5.04. The fourth-order valence-electron chi connectivity index (χ4n) is 7.58. The van der Waals surface area contributed by atoms with Gasteiger partial charge in [-0.25, -0.2) is 18.4 Å². The van der Waals surface area contributed by atoms with E-state index in [4.69, 9.17) is 2.74 Å². The van der Waals surface area contributed by atoms with Crippen LogP contribution in [-0.2, 0) is 35.9 Å². The monoisotopic (exact) mass is 758 g/mol. The summed E-state index contributed by atoms with van der Waals surface area (Å²) in [5, 5.41) is 15.0. The number of benzene rings is 1. The standard InChI is InChI=1S/C37H47F3N8O2S2/c1-4-34-43-35(32-18-30(19-37(38,39)40)51-36(32)44-34)42-28-9-11-45(12-10-28)22-27-7-8-33-31(25(27)3)17-29(20-41)48(33)21-24(2)46-13-15-47(16-14-46)52(49,50)23-26-5-6-26/h7-8,17-18,24,26,28H,4-6,9-16,19,21-23H2,1-3H3,(H,42,43,44)/t24-/m0/s1/i19D2. The van der Waals surface area contributed by atoms with Crippen molar-refractivity contribution in [3.05, 3.63) is 51.8 Å². The van der Waals surface area contributed by atoms with E-state index in [9.17, 15) is 26.9 Å². The van der Waals surface area contributed by atoms with Gasteiger partial charge in [-0.15, -0.1) is 11.3 Å². The number of aromatic nitrogens is 3. The van der Waals surface area contributed by atoms with E-state index in [1.807, 2.05) is 13.0 Å². The second-order valence-electron chi connectivity index (χ2n) is 14.5. The molecule has 10 nitrogen and oxygen atoms in total. The molecule has 2 saturated heterocycles. The number of likely N-dealkylation sites (tertiary alicyclic amines) is 1. The third-order valence-electron chi connectivity index (χ3n) is 10.8. The molecule has 4 aromatic rings. The number of piperazine rings is 1. The third-order valence-corrected chi connectivity index (χ3v) is 13.8. The number of sulfonamides is 1. The van der Waals surface area contributed by atoms with Crippen LogP contribution in [-0.4, -0.2) is 100 Å². The van der Waals surface area contributed by atoms with Gasteiger partial charge in [0.2, 0.25) is 10.0 Å². The first kappa shape index (κ1) is 34.5. The SMILES string of the molecule is [2H]C([2H])(c1cc2c(NC3CCN(Cc4ccc5c(cc(C#N)n5C[C@H](C)N5CCN(S(=O)(=O)CC6CC6)CC5)c4C)CC3)nc(CC)nc2s1)C(F)(F)F. The molecule has 2 aliphatic heterocycles. The fourth-order valence-corrected chi connectivity index (χ4v) is 10.4. The zero-order chi connectivity index (χ0) is 38.6. The van der Waals surface area contributed by atoms with E-state index < -0.39 is 27.4 Å². The van der Waals surface area contributed by atoms with Crippen LogP contribution in [0.25, 0.3) is 21.1 Å². The molecule has 7 rings (SSSR count). The zero-order valence-corrected chi connectivity index (χ0v) is 31.5. The van der Waals surface area contributed by atoms with Crippen molar-refractivity contribution in [1.82, 2.24) is 28.6 Å². The van der Waals surface area contributed by atoms with Gasteiger partial charge in [-0.05, 0) is 74.8 Å². The van der Waals surface area contributed by atoms with Crippen LogP contribution in [0, 0.1) is 24.2 Å². The second-order valence-corrected chi connectivity index (χ2v) is 17.6. The zero-order valence-electron chi connectivity index (χ0n) is 31.8. The maximum absolute atomic E-state index is 13.5. The van der Waals surface area contributed by atoms with E-state index in [-0.39, 0.29) is 17.8 Å². The summed E-state index contributed by atoms with van der Waals surface area (Å²) in [6.07, 6.45) is -4.41. The largest absolute Gasteiger partial charge is 0.393 e. The summed E-state index contributed by atoms with van der Waals surface area (Å²) >= 11 is 0.721. The van der Waals surface area contributed by atoms with Crippen LogP contribution in [0.3, 0.4) is 0 Å². The van der Waals surface area contributed by atoms with Crippen molar-refractivity contribution in [3.8, 4) is 6.07 Å². The van der Waals surface area contributed by atoms with Gasteiger partial charge in [-0.3, -0.25) is 9.80 Å². The van der Waals surface area contributed by atoms with Crippen molar-refractivity contribution in [2.24, 2.45) is 5.92 Å². The highest BCUT2D eigenvalue weighted by atomic mass is 32.2. The lowest BCUT2D eigenvalue weighted by Gasteiger charge is -2.37. The molecule has 1 N–H and O–H groups in total. The Morgan fingerprint density at radius 3 is 2.46 bits per heavy atom. The van der Waals surface area contributed by atoms with Crippen LogP contribution in [0.1, 0.15) is 69.8 Å². The summed E-state index contributed by atoms with van der Waals surface area (Å²) in [5.74, 6) is 1.54. The lowest BCUT2D eigenvalue weighted by Crippen LogP contribution is -2.52. The summed E-state index contributed by atoms with van der Waals surface area (Å²) in [6, 6.07) is 10.0. The molecule has 0 unspecified atom stereocenters. The Bertz CT molecular complexity index is 2160. The predicted octanol–water partition coefficient (Wildman–Crippen LogP) is 6.32. The summed E-state index contributed by atoms with van der Waals surface area (Å²) in [6.45, 7) is 11.4. The minimum absolute atomic E-state index is 0.0414. The lowest BCUT2D eigenvalue weighted by atomic mass is 10.0. The van der Waals surface area contributed by atoms with Crippen molar-refractivity contribution < 1.29 is 24.3 Å². The lowest BCUT2D eigenvalue weighted by molar-refractivity contribution is -0.126. The molecule has 52 heavy (non-hydrogen) atoms. The molecule has 1 aliphatic carbocycles. The van der Waals surface area contributed by atoms with Crippen LogP contribution < -0.4 is 5.32 Å². The molecule has 1 aromatic carbocycles. The molecule has 0 spiro atoms. The Morgan fingerprint density at radius 1 is 1.08 bits per heavy atom. The number of rotatable bonds is 12. The molecule has 1 saturated carbocycles. The molecule has 280 valence electrons. The fraction of sp³-hybridized carbons (Fsp3) is 0.595. The first-order valence-electron chi connectivity index (χ1n) is 19.2. The summed E-state index contributed by atoms with van der Waals surface area (Å²) in [5.41, 5.74) is 3.93. The quantitative estimate of drug-likeness (QED) is 0.179. The van der Waals surface area contributed by atoms with Gasteiger partial charge in [0, 0.05) is 89.4 Å². The third kappa shape index (κ3) is 8.26. The summed E-state index contributed by atoms with van der Waals surface area (Å²) < 4.78 is 85.3. The molecule has 3 fully saturated rings. The van der Waals surface area contributed by atoms with E-state index >= 15 is 0 Å². The molecule has 0 bridgehead atoms. The molecular weight excluding hydrogens is 710 g/mol. The van der Waals surface area contributed by atoms with Crippen molar-refractivity contribution in [1.29, 1.82) is 5.26 Å². The molecule has 3 aromatic heterocycles. The molecule has 0 radical (unpaired) electrons. The molecular formula is C37H47F3N8O2S2. The van der Waals surface area contributed by atoms with Crippen molar-refractivity contribution in [2.75, 3.05) is 50.3 Å². The number of nitriles is 1. The van der Waals surface area contributed by atoms with Crippen LogP contribution in [0.5, 0.6) is 0 Å². The number of hydrogen-bond donors (Lipinski definition) is 1. The highest BCUT2D eigenvalue weighted by Gasteiger charge is 2.35. The number of fused-ring (bicyclic) bond motifs is 2. The van der Waals surface area contributed by atoms with Crippen molar-refractivity contribution in [2.45, 2.75) is 90.6 Å². The number of hydrogen-bond acceptors (Lipinski definition) is 9. The van der Waals surface area contributed by atoms with Gasteiger partial charge in [0.25, 0.3) is 0 Å². The average molecular weight is 759 g/mol. The predicted molar refractivity (Wildman–Crippen MR) is 199 cm³/mol. The number of nitrogens with one attached hydrogen (secondary N) is 1. The van der Waals surface area contributed by atoms with Gasteiger partial charge in [-0.1, -0.05) is 13.0 Å². The Balaban J connectivity index is 0.986. The van der Waals surface area contributed by atoms with E-state index in [2.05, 4.69) is 61.7 Å². The van der Waals surface area contributed by atoms with E-state index in [0.29, 0.717) is 72.6 Å². The Labute approximate surface area is 310 Å². The van der Waals surface area contributed by atoms with Crippen molar-refractivity contribution >= 4 is 48.3 Å². The Hall–Kier alpha value is -3.29. The van der Waals surface area contributed by atoms with E-state index in [1.165, 1.54) is 11.6 Å². The highest BCUT2D eigenvalue weighted by molar-refractivity contribution is 7.89. The number of aryl methyl sites for hydroxylation is 2. The summed E-state index contributed by atoms with van der Waals surface area (Å²) in [4.78, 5) is 13.6. The minimum Gasteiger partial charge on any atom is -0.367 e. The summed E-state index contributed by atoms with van der Waals surface area (Å²) in [7, 11) is -3.20. The Morgan fingerprint density at radius 2 is 1.81 bits per heavy atom. The van der Waals surface area contributed by atoms with Crippen molar-refractivity contribution in [3.63, 3.8) is 0 Å². The first-order valence-corrected chi connectivity index (χ1v) is 20.6. The number of nitrogens with zero attached hydrogens (tertiary/aromatic N) is 7. The first-order chi connectivity index (χ1) is 25.6. The number of halogens is 3. The maximum atomic E-state index is 13.5. The van der Waals surface area contributed by atoms with Gasteiger partial charge in [0.1, 0.15) is 28.2 Å². The Kier molecular flexibility index (Phi) is 9.85. The number of piperidine rings is 1. The molecule has 0 amide bonds. The van der Waals surface area contributed by atoms with E-state index in [1.54, 1.807) is 4.31 Å². The highest BCUT2D eigenvalue weighted by Crippen LogP contribution is 2.35. The topological polar surface area (TPSA) is 110 Å². The number of thiophene rings is 1. The molecule has 3 aliphatic rings. The van der Waals surface area contributed by atoms with Gasteiger partial charge in [0.05, 0.1) is 17.5 Å².